The molecule has 0 bridgehead atoms. The second kappa shape index (κ2) is 8.37. The van der Waals surface area contributed by atoms with E-state index < -0.39 is 28.1 Å². The summed E-state index contributed by atoms with van der Waals surface area (Å²) in [6, 6.07) is 3.48. The Morgan fingerprint density at radius 1 is 0.909 bits per heavy atom. The van der Waals surface area contributed by atoms with Gasteiger partial charge in [-0.1, -0.05) is 64.4 Å². The van der Waals surface area contributed by atoms with Crippen molar-refractivity contribution in [2.75, 3.05) is 0 Å². The molecule has 0 aliphatic heterocycles. The first-order valence-electron chi connectivity index (χ1n) is 11.5. The van der Waals surface area contributed by atoms with Crippen LogP contribution in [0.5, 0.6) is 5.75 Å². The molecule has 0 radical (unpaired) electrons. The Hall–Kier alpha value is -1.95. The molecule has 1 unspecified atom stereocenters. The van der Waals surface area contributed by atoms with Crippen molar-refractivity contribution < 1.29 is 24.6 Å². The number of Topliss-reactive ketones (excluding diaryl/α,β-unsaturated/α-hetero) is 3. The summed E-state index contributed by atoms with van der Waals surface area (Å²) in [7, 11) is 0. The first-order chi connectivity index (χ1) is 14.9. The Morgan fingerprint density at radius 2 is 1.42 bits per heavy atom. The zero-order chi connectivity index (χ0) is 25.1. The molecule has 0 amide bonds. The summed E-state index contributed by atoms with van der Waals surface area (Å²) in [4.78, 5) is 40.1. The van der Waals surface area contributed by atoms with Gasteiger partial charge in [0.2, 0.25) is 0 Å². The van der Waals surface area contributed by atoms with Gasteiger partial charge in [0.15, 0.2) is 5.78 Å². The highest BCUT2D eigenvalue weighted by atomic mass is 79.9. The molecule has 0 saturated heterocycles. The number of carbonyl (C=O) groups is 3. The van der Waals surface area contributed by atoms with Gasteiger partial charge in [-0.05, 0) is 28.4 Å². The Kier molecular flexibility index (Phi) is 6.51. The van der Waals surface area contributed by atoms with E-state index in [1.807, 2.05) is 54.5 Å². The maximum atomic E-state index is 13.4. The van der Waals surface area contributed by atoms with Crippen LogP contribution in [0.1, 0.15) is 91.2 Å². The summed E-state index contributed by atoms with van der Waals surface area (Å²) in [6.07, 6.45) is 0.874. The molecule has 2 aliphatic rings. The summed E-state index contributed by atoms with van der Waals surface area (Å²) in [5.74, 6) is -3.07. The van der Waals surface area contributed by atoms with Crippen molar-refractivity contribution in [2.45, 2.75) is 85.5 Å². The minimum atomic E-state index is -1.12. The number of phenolic OH excluding ortho intramolecular Hbond substituents is 1. The van der Waals surface area contributed by atoms with Gasteiger partial charge in [-0.15, -0.1) is 0 Å². The van der Waals surface area contributed by atoms with Gasteiger partial charge in [-0.2, -0.15) is 0 Å². The normalized spacial score (nSPS) is 22.6. The number of benzene rings is 1. The van der Waals surface area contributed by atoms with E-state index in [0.29, 0.717) is 15.6 Å². The lowest BCUT2D eigenvalue weighted by molar-refractivity contribution is -0.140. The van der Waals surface area contributed by atoms with Crippen LogP contribution >= 0.6 is 15.9 Å². The van der Waals surface area contributed by atoms with Crippen LogP contribution in [0, 0.1) is 16.7 Å². The molecule has 0 spiro atoms. The SMILES string of the molecule is CC1(C)CC(=O)C(C(C2=C(O)CC(C)(C)CC2=O)c2cc(Br)cc(C(C)(C)C)c2O)C(=O)C1. The van der Waals surface area contributed by atoms with Crippen LogP contribution in [0.25, 0.3) is 0 Å². The molecule has 0 aromatic heterocycles. The van der Waals surface area contributed by atoms with Crippen LogP contribution in [0.15, 0.2) is 27.9 Å². The summed E-state index contributed by atoms with van der Waals surface area (Å²) in [5, 5.41) is 22.4. The van der Waals surface area contributed by atoms with E-state index in [0.717, 1.165) is 0 Å². The van der Waals surface area contributed by atoms with Crippen LogP contribution < -0.4 is 0 Å². The average molecular weight is 519 g/mol. The van der Waals surface area contributed by atoms with Crippen molar-refractivity contribution in [3.05, 3.63) is 39.1 Å². The van der Waals surface area contributed by atoms with Gasteiger partial charge in [-0.25, -0.2) is 0 Å². The Balaban J connectivity index is 2.31. The van der Waals surface area contributed by atoms with Crippen molar-refractivity contribution in [1.82, 2.24) is 0 Å². The zero-order valence-corrected chi connectivity index (χ0v) is 22.2. The van der Waals surface area contributed by atoms with Crippen molar-refractivity contribution in [1.29, 1.82) is 0 Å². The molecule has 3 rings (SSSR count). The van der Waals surface area contributed by atoms with Crippen molar-refractivity contribution in [3.63, 3.8) is 0 Å². The van der Waals surface area contributed by atoms with Crippen LogP contribution in [0.4, 0.5) is 0 Å². The molecule has 6 heteroatoms. The van der Waals surface area contributed by atoms with E-state index in [-0.39, 0.29) is 60.1 Å². The second-order valence-corrected chi connectivity index (χ2v) is 13.3. The lowest BCUT2D eigenvalue weighted by atomic mass is 9.62. The number of halogens is 1. The molecular weight excluding hydrogens is 484 g/mol. The van der Waals surface area contributed by atoms with Crippen LogP contribution in [-0.4, -0.2) is 27.6 Å². The third-order valence-corrected chi connectivity index (χ3v) is 7.25. The number of rotatable bonds is 3. The largest absolute Gasteiger partial charge is 0.512 e. The fourth-order valence-electron chi connectivity index (χ4n) is 5.36. The number of ketones is 3. The van der Waals surface area contributed by atoms with E-state index in [1.54, 1.807) is 6.07 Å². The molecule has 2 N–H and O–H groups in total. The summed E-state index contributed by atoms with van der Waals surface area (Å²) >= 11 is 3.51. The van der Waals surface area contributed by atoms with Gasteiger partial charge in [0.1, 0.15) is 23.1 Å². The smallest absolute Gasteiger partial charge is 0.163 e. The lowest BCUT2D eigenvalue weighted by Crippen LogP contribution is -2.43. The van der Waals surface area contributed by atoms with Gasteiger partial charge in [0.25, 0.3) is 0 Å². The van der Waals surface area contributed by atoms with Gasteiger partial charge in [-0.3, -0.25) is 14.4 Å². The van der Waals surface area contributed by atoms with Crippen molar-refractivity contribution in [3.8, 4) is 5.75 Å². The second-order valence-electron chi connectivity index (χ2n) is 12.3. The number of allylic oxidation sites excluding steroid dienone is 2. The highest BCUT2D eigenvalue weighted by Gasteiger charge is 2.49. The zero-order valence-electron chi connectivity index (χ0n) is 20.6. The third-order valence-electron chi connectivity index (χ3n) is 6.79. The summed E-state index contributed by atoms with van der Waals surface area (Å²) < 4.78 is 0.671. The molecule has 1 aromatic rings. The van der Waals surface area contributed by atoms with Crippen LogP contribution in [0.3, 0.4) is 0 Å². The molecule has 1 aromatic carbocycles. The maximum Gasteiger partial charge on any atom is 0.163 e. The Labute approximate surface area is 204 Å². The van der Waals surface area contributed by atoms with Crippen molar-refractivity contribution in [2.24, 2.45) is 16.7 Å². The molecule has 180 valence electrons. The van der Waals surface area contributed by atoms with E-state index in [9.17, 15) is 24.6 Å². The molecule has 1 fully saturated rings. The number of aliphatic hydroxyl groups excluding tert-OH is 1. The molecule has 0 heterocycles. The minimum Gasteiger partial charge on any atom is -0.512 e. The van der Waals surface area contributed by atoms with E-state index in [4.69, 9.17) is 0 Å². The molecule has 1 saturated carbocycles. The number of phenols is 1. The highest BCUT2D eigenvalue weighted by molar-refractivity contribution is 9.10. The number of carbonyl (C=O) groups excluding carboxylic acids is 3. The fraction of sp³-hybridized carbons (Fsp3) is 0.593. The highest BCUT2D eigenvalue weighted by Crippen LogP contribution is 2.51. The lowest BCUT2D eigenvalue weighted by Gasteiger charge is -2.39. The molecule has 2 aliphatic carbocycles. The number of hydrogen-bond acceptors (Lipinski definition) is 5. The predicted molar refractivity (Wildman–Crippen MR) is 131 cm³/mol. The topological polar surface area (TPSA) is 91.7 Å². The Morgan fingerprint density at radius 3 is 1.91 bits per heavy atom. The minimum absolute atomic E-state index is 0.0425. The fourth-order valence-corrected chi connectivity index (χ4v) is 5.84. The molecular formula is C27H35BrO5. The predicted octanol–water partition coefficient (Wildman–Crippen LogP) is 6.31. The van der Waals surface area contributed by atoms with E-state index in [1.165, 1.54) is 0 Å². The van der Waals surface area contributed by atoms with Crippen molar-refractivity contribution >= 4 is 33.3 Å². The van der Waals surface area contributed by atoms with Crippen LogP contribution in [0.2, 0.25) is 0 Å². The monoisotopic (exact) mass is 518 g/mol. The third kappa shape index (κ3) is 5.11. The first kappa shape index (κ1) is 25.7. The van der Waals surface area contributed by atoms with Crippen LogP contribution in [-0.2, 0) is 19.8 Å². The number of hydrogen-bond donors (Lipinski definition) is 2. The van der Waals surface area contributed by atoms with Gasteiger partial charge in [0.05, 0.1) is 5.92 Å². The first-order valence-corrected chi connectivity index (χ1v) is 12.3. The number of aliphatic hydroxyl groups is 1. The standard InChI is InChI=1S/C27H35BrO5/c1-25(2,3)16-9-14(28)8-15(24(16)33)21(22-17(29)10-26(4,5)11-18(22)30)23-19(31)12-27(6,7)13-20(23)32/h8-9,21-22,31,33H,10-13H2,1-7H3. The maximum absolute atomic E-state index is 13.4. The quantitative estimate of drug-likeness (QED) is 0.457. The Bertz CT molecular complexity index is 1040. The molecule has 33 heavy (non-hydrogen) atoms. The average Bonchev–Trinajstić information content (AvgIpc) is 2.58. The van der Waals surface area contributed by atoms with Gasteiger partial charge in [0, 0.05) is 52.8 Å². The van der Waals surface area contributed by atoms with Gasteiger partial charge >= 0.3 is 0 Å². The summed E-state index contributed by atoms with van der Waals surface area (Å²) in [6.45, 7) is 13.4. The van der Waals surface area contributed by atoms with E-state index in [2.05, 4.69) is 15.9 Å². The molecule has 5 nitrogen and oxygen atoms in total. The van der Waals surface area contributed by atoms with Gasteiger partial charge < -0.3 is 10.2 Å². The van der Waals surface area contributed by atoms with E-state index >= 15 is 0 Å². The number of aromatic hydroxyl groups is 1. The summed E-state index contributed by atoms with van der Waals surface area (Å²) in [5.41, 5.74) is -0.251. The molecule has 1 atom stereocenters.